The highest BCUT2D eigenvalue weighted by atomic mass is 19.1. The molecule has 1 heterocycles. The zero-order valence-corrected chi connectivity index (χ0v) is 11.6. The number of nitrogens with zero attached hydrogens (tertiary/aromatic N) is 1. The Morgan fingerprint density at radius 3 is 3.00 bits per heavy atom. The number of hydrogen-bond donors (Lipinski definition) is 1. The Bertz CT molecular complexity index is 409. The van der Waals surface area contributed by atoms with Gasteiger partial charge < -0.3 is 10.5 Å². The van der Waals surface area contributed by atoms with Crippen molar-refractivity contribution in [2.75, 3.05) is 26.8 Å². The second-order valence-electron chi connectivity index (χ2n) is 5.32. The first-order valence-electron chi connectivity index (χ1n) is 6.91. The first-order chi connectivity index (χ1) is 9.22. The topological polar surface area (TPSA) is 38.5 Å². The van der Waals surface area contributed by atoms with Crippen LogP contribution in [0, 0.1) is 11.7 Å². The van der Waals surface area contributed by atoms with E-state index >= 15 is 0 Å². The largest absolute Gasteiger partial charge is 0.384 e. The van der Waals surface area contributed by atoms with Gasteiger partial charge in [-0.05, 0) is 48.6 Å². The maximum Gasteiger partial charge on any atom is 0.123 e. The fourth-order valence-corrected chi connectivity index (χ4v) is 2.85. The van der Waals surface area contributed by atoms with Crippen LogP contribution in [0.5, 0.6) is 0 Å². The molecule has 0 aliphatic carbocycles. The molecule has 0 amide bonds. The lowest BCUT2D eigenvalue weighted by Gasteiger charge is -2.32. The summed E-state index contributed by atoms with van der Waals surface area (Å²) in [4.78, 5) is 2.42. The van der Waals surface area contributed by atoms with E-state index in [4.69, 9.17) is 10.5 Å². The highest BCUT2D eigenvalue weighted by Crippen LogP contribution is 2.20. The number of likely N-dealkylation sites (tertiary alicyclic amines) is 1. The molecule has 0 bridgehead atoms. The summed E-state index contributed by atoms with van der Waals surface area (Å²) in [6.45, 7) is 4.22. The van der Waals surface area contributed by atoms with Crippen LogP contribution >= 0.6 is 0 Å². The Hall–Kier alpha value is -0.970. The summed E-state index contributed by atoms with van der Waals surface area (Å²) in [5.74, 6) is 0.403. The van der Waals surface area contributed by atoms with E-state index in [1.807, 2.05) is 6.07 Å². The van der Waals surface area contributed by atoms with Crippen LogP contribution in [-0.2, 0) is 17.8 Å². The molecule has 1 fully saturated rings. The molecule has 4 heteroatoms. The molecule has 1 aliphatic heterocycles. The minimum atomic E-state index is -0.208. The average Bonchev–Trinajstić information content (AvgIpc) is 2.41. The SMILES string of the molecule is COCC1CCCN(Cc2ccc(F)cc2CN)C1. The molecule has 0 spiro atoms. The fraction of sp³-hybridized carbons (Fsp3) is 0.600. The molecule has 1 aromatic rings. The molecular formula is C15H23FN2O. The van der Waals surface area contributed by atoms with E-state index in [1.54, 1.807) is 13.2 Å². The van der Waals surface area contributed by atoms with Crippen LogP contribution in [0.3, 0.4) is 0 Å². The van der Waals surface area contributed by atoms with E-state index < -0.39 is 0 Å². The molecule has 0 aromatic heterocycles. The summed E-state index contributed by atoms with van der Waals surface area (Å²) in [5, 5.41) is 0. The number of methoxy groups -OCH3 is 1. The first kappa shape index (κ1) is 14.4. The average molecular weight is 266 g/mol. The standard InChI is InChI=1S/C15H23FN2O/c1-19-11-12-3-2-6-18(9-12)10-13-4-5-15(16)7-14(13)8-17/h4-5,7,12H,2-3,6,8-11,17H2,1H3. The predicted molar refractivity (Wildman–Crippen MR) is 74.2 cm³/mol. The van der Waals surface area contributed by atoms with Gasteiger partial charge in [0.1, 0.15) is 5.82 Å². The van der Waals surface area contributed by atoms with E-state index in [1.165, 1.54) is 18.9 Å². The number of rotatable bonds is 5. The lowest BCUT2D eigenvalue weighted by Crippen LogP contribution is -2.36. The third-order valence-corrected chi connectivity index (χ3v) is 3.79. The molecule has 106 valence electrons. The molecule has 19 heavy (non-hydrogen) atoms. The highest BCUT2D eigenvalue weighted by molar-refractivity contribution is 5.27. The zero-order chi connectivity index (χ0) is 13.7. The third-order valence-electron chi connectivity index (χ3n) is 3.79. The van der Waals surface area contributed by atoms with Crippen LogP contribution in [0.1, 0.15) is 24.0 Å². The number of hydrogen-bond acceptors (Lipinski definition) is 3. The maximum atomic E-state index is 13.2. The third kappa shape index (κ3) is 4.00. The molecule has 1 aliphatic rings. The summed E-state index contributed by atoms with van der Waals surface area (Å²) in [6.07, 6.45) is 2.44. The van der Waals surface area contributed by atoms with Crippen LogP contribution < -0.4 is 5.73 Å². The molecule has 2 N–H and O–H groups in total. The lowest BCUT2D eigenvalue weighted by atomic mass is 9.97. The van der Waals surface area contributed by atoms with Gasteiger partial charge >= 0.3 is 0 Å². The quantitative estimate of drug-likeness (QED) is 0.887. The van der Waals surface area contributed by atoms with Crippen molar-refractivity contribution in [3.05, 3.63) is 35.1 Å². The van der Waals surface area contributed by atoms with Gasteiger partial charge in [0, 0.05) is 26.7 Å². The Balaban J connectivity index is 2.00. The van der Waals surface area contributed by atoms with Crippen LogP contribution in [0.25, 0.3) is 0 Å². The van der Waals surface area contributed by atoms with Crippen molar-refractivity contribution in [2.24, 2.45) is 11.7 Å². The van der Waals surface area contributed by atoms with Gasteiger partial charge in [-0.2, -0.15) is 0 Å². The fourth-order valence-electron chi connectivity index (χ4n) is 2.85. The minimum Gasteiger partial charge on any atom is -0.384 e. The van der Waals surface area contributed by atoms with Gasteiger partial charge in [-0.1, -0.05) is 6.07 Å². The summed E-state index contributed by atoms with van der Waals surface area (Å²) in [6, 6.07) is 4.93. The Kier molecular flexibility index (Phi) is 5.31. The summed E-state index contributed by atoms with van der Waals surface area (Å²) >= 11 is 0. The molecular weight excluding hydrogens is 243 g/mol. The number of halogens is 1. The van der Waals surface area contributed by atoms with Gasteiger partial charge in [-0.15, -0.1) is 0 Å². The van der Waals surface area contributed by atoms with E-state index in [0.29, 0.717) is 12.5 Å². The molecule has 1 aromatic carbocycles. The monoisotopic (exact) mass is 266 g/mol. The zero-order valence-electron chi connectivity index (χ0n) is 11.6. The second-order valence-corrected chi connectivity index (χ2v) is 5.32. The van der Waals surface area contributed by atoms with Crippen LogP contribution in [0.4, 0.5) is 4.39 Å². The number of benzene rings is 1. The van der Waals surface area contributed by atoms with Gasteiger partial charge in [0.2, 0.25) is 0 Å². The van der Waals surface area contributed by atoms with Crippen molar-refractivity contribution in [3.8, 4) is 0 Å². The van der Waals surface area contributed by atoms with Crippen LogP contribution in [-0.4, -0.2) is 31.7 Å². The van der Waals surface area contributed by atoms with Gasteiger partial charge in [-0.3, -0.25) is 4.90 Å². The number of ether oxygens (including phenoxy) is 1. The molecule has 1 atom stereocenters. The Morgan fingerprint density at radius 1 is 1.42 bits per heavy atom. The minimum absolute atomic E-state index is 0.208. The van der Waals surface area contributed by atoms with Crippen molar-refractivity contribution >= 4 is 0 Å². The molecule has 2 rings (SSSR count). The van der Waals surface area contributed by atoms with Crippen LogP contribution in [0.2, 0.25) is 0 Å². The highest BCUT2D eigenvalue weighted by Gasteiger charge is 2.20. The van der Waals surface area contributed by atoms with Gasteiger partial charge in [0.05, 0.1) is 6.61 Å². The summed E-state index contributed by atoms with van der Waals surface area (Å²) in [5.41, 5.74) is 7.75. The van der Waals surface area contributed by atoms with Crippen molar-refractivity contribution in [1.82, 2.24) is 4.90 Å². The Labute approximate surface area is 114 Å². The lowest BCUT2D eigenvalue weighted by molar-refractivity contribution is 0.0872. The van der Waals surface area contributed by atoms with E-state index in [9.17, 15) is 4.39 Å². The first-order valence-corrected chi connectivity index (χ1v) is 6.91. The summed E-state index contributed by atoms with van der Waals surface area (Å²) < 4.78 is 18.4. The predicted octanol–water partition coefficient (Wildman–Crippen LogP) is 2.14. The van der Waals surface area contributed by atoms with Crippen molar-refractivity contribution in [3.63, 3.8) is 0 Å². The number of nitrogens with two attached hydrogens (primary N) is 1. The molecule has 1 saturated heterocycles. The molecule has 3 nitrogen and oxygen atoms in total. The van der Waals surface area contributed by atoms with Crippen LogP contribution in [0.15, 0.2) is 18.2 Å². The maximum absolute atomic E-state index is 13.2. The molecule has 0 saturated carbocycles. The van der Waals surface area contributed by atoms with Gasteiger partial charge in [0.15, 0.2) is 0 Å². The smallest absolute Gasteiger partial charge is 0.123 e. The van der Waals surface area contributed by atoms with Crippen molar-refractivity contribution in [2.45, 2.75) is 25.9 Å². The van der Waals surface area contributed by atoms with Gasteiger partial charge in [-0.25, -0.2) is 4.39 Å². The Morgan fingerprint density at radius 2 is 2.26 bits per heavy atom. The van der Waals surface area contributed by atoms with E-state index in [2.05, 4.69) is 4.90 Å². The number of piperidine rings is 1. The van der Waals surface area contributed by atoms with E-state index in [0.717, 1.165) is 37.4 Å². The van der Waals surface area contributed by atoms with Crippen molar-refractivity contribution < 1.29 is 9.13 Å². The second kappa shape index (κ2) is 6.98. The summed E-state index contributed by atoms with van der Waals surface area (Å²) in [7, 11) is 1.76. The molecule has 0 radical (unpaired) electrons. The normalized spacial score (nSPS) is 20.7. The molecule has 1 unspecified atom stereocenters. The van der Waals surface area contributed by atoms with Gasteiger partial charge in [0.25, 0.3) is 0 Å². The van der Waals surface area contributed by atoms with E-state index in [-0.39, 0.29) is 5.82 Å². The van der Waals surface area contributed by atoms with Crippen molar-refractivity contribution in [1.29, 1.82) is 0 Å².